The number of nitrogen functional groups attached to an aromatic ring is 1. The summed E-state index contributed by atoms with van der Waals surface area (Å²) in [5, 5.41) is 12.4. The fourth-order valence-electron chi connectivity index (χ4n) is 1.55. The lowest BCUT2D eigenvalue weighted by Gasteiger charge is -2.31. The van der Waals surface area contributed by atoms with Gasteiger partial charge in [-0.1, -0.05) is 22.9 Å². The van der Waals surface area contributed by atoms with Crippen molar-refractivity contribution in [1.29, 1.82) is 0 Å². The van der Waals surface area contributed by atoms with Gasteiger partial charge in [-0.3, -0.25) is 0 Å². The van der Waals surface area contributed by atoms with E-state index in [0.29, 0.717) is 12.1 Å². The lowest BCUT2D eigenvalue weighted by molar-refractivity contribution is 0.252. The molecule has 0 heterocycles. The molecule has 1 atom stereocenters. The van der Waals surface area contributed by atoms with Gasteiger partial charge in [-0.15, -0.1) is 0 Å². The maximum atomic E-state index is 9.05. The number of aliphatic hydroxyl groups is 1. The molecule has 1 rings (SSSR count). The van der Waals surface area contributed by atoms with Gasteiger partial charge in [0.15, 0.2) is 0 Å². The molecular weight excluding hydrogens is 268 g/mol. The fraction of sp³-hybridized carbons (Fsp3) is 0.500. The molecule has 4 N–H and O–H groups in total. The molecule has 0 saturated carbocycles. The molecule has 0 aliphatic heterocycles. The van der Waals surface area contributed by atoms with Crippen molar-refractivity contribution in [2.75, 3.05) is 17.7 Å². The van der Waals surface area contributed by atoms with Gasteiger partial charge in [0.1, 0.15) is 0 Å². The van der Waals surface area contributed by atoms with Crippen LogP contribution in [-0.2, 0) is 0 Å². The van der Waals surface area contributed by atoms with Crippen molar-refractivity contribution in [3.8, 4) is 0 Å². The zero-order chi connectivity index (χ0) is 12.2. The Balaban J connectivity index is 2.85. The quantitative estimate of drug-likeness (QED) is 0.730. The van der Waals surface area contributed by atoms with Crippen LogP contribution in [0.4, 0.5) is 11.4 Å². The first-order valence-electron chi connectivity index (χ1n) is 5.45. The molecule has 0 aromatic heterocycles. The predicted octanol–water partition coefficient (Wildman–Crippen LogP) is 2.99. The molecule has 0 aliphatic carbocycles. The lowest BCUT2D eigenvalue weighted by Crippen LogP contribution is -2.35. The third-order valence-corrected chi connectivity index (χ3v) is 3.39. The molecule has 4 heteroatoms. The Morgan fingerprint density at radius 1 is 1.50 bits per heavy atom. The molecule has 0 bridgehead atoms. The summed E-state index contributed by atoms with van der Waals surface area (Å²) in [6.07, 6.45) is 1.64. The second-order valence-electron chi connectivity index (χ2n) is 4.24. The molecule has 16 heavy (non-hydrogen) atoms. The Hall–Kier alpha value is -0.740. The van der Waals surface area contributed by atoms with Crippen molar-refractivity contribution in [2.45, 2.75) is 32.2 Å². The van der Waals surface area contributed by atoms with Crippen molar-refractivity contribution in [3.05, 3.63) is 22.7 Å². The number of hydrogen-bond donors (Lipinski definition) is 3. The van der Waals surface area contributed by atoms with Crippen LogP contribution in [-0.4, -0.2) is 17.3 Å². The van der Waals surface area contributed by atoms with E-state index in [2.05, 4.69) is 35.1 Å². The molecule has 0 saturated heterocycles. The number of nitrogens with two attached hydrogens (primary N) is 1. The number of benzene rings is 1. The van der Waals surface area contributed by atoms with Crippen LogP contribution in [0.2, 0.25) is 0 Å². The van der Waals surface area contributed by atoms with Gasteiger partial charge >= 0.3 is 0 Å². The molecule has 90 valence electrons. The largest absolute Gasteiger partial charge is 0.397 e. The minimum absolute atomic E-state index is 0.114. The van der Waals surface area contributed by atoms with Gasteiger partial charge in [0.2, 0.25) is 0 Å². The number of aliphatic hydroxyl groups excluding tert-OH is 1. The maximum Gasteiger partial charge on any atom is 0.0578 e. The summed E-state index contributed by atoms with van der Waals surface area (Å²) in [4.78, 5) is 0. The van der Waals surface area contributed by atoms with Crippen molar-refractivity contribution in [3.63, 3.8) is 0 Å². The smallest absolute Gasteiger partial charge is 0.0578 e. The summed E-state index contributed by atoms with van der Waals surface area (Å²) in [5.74, 6) is 0. The third-order valence-electron chi connectivity index (χ3n) is 2.89. The van der Waals surface area contributed by atoms with Crippen LogP contribution < -0.4 is 11.1 Å². The molecule has 0 aliphatic rings. The normalized spacial score (nSPS) is 14.5. The van der Waals surface area contributed by atoms with E-state index in [0.717, 1.165) is 16.6 Å². The van der Waals surface area contributed by atoms with E-state index in [1.54, 1.807) is 0 Å². The SMILES string of the molecule is CCC(C)(CCO)Nc1ccc(Br)cc1N. The second kappa shape index (κ2) is 5.55. The van der Waals surface area contributed by atoms with Crippen LogP contribution in [0.3, 0.4) is 0 Å². The minimum atomic E-state index is -0.114. The zero-order valence-corrected chi connectivity index (χ0v) is 11.3. The topological polar surface area (TPSA) is 58.3 Å². The highest BCUT2D eigenvalue weighted by Gasteiger charge is 2.21. The fourth-order valence-corrected chi connectivity index (χ4v) is 1.93. The molecule has 0 amide bonds. The molecule has 3 nitrogen and oxygen atoms in total. The van der Waals surface area contributed by atoms with E-state index in [1.165, 1.54) is 0 Å². The van der Waals surface area contributed by atoms with Gasteiger partial charge in [-0.25, -0.2) is 0 Å². The standard InChI is InChI=1S/C12H19BrN2O/c1-3-12(2,6-7-16)15-11-5-4-9(13)8-10(11)14/h4-5,8,15-16H,3,6-7,14H2,1-2H3. The van der Waals surface area contributed by atoms with E-state index < -0.39 is 0 Å². The van der Waals surface area contributed by atoms with Gasteiger partial charge in [-0.05, 0) is 38.0 Å². The van der Waals surface area contributed by atoms with E-state index in [-0.39, 0.29) is 12.1 Å². The molecule has 1 aromatic rings. The first kappa shape index (κ1) is 13.3. The van der Waals surface area contributed by atoms with E-state index in [1.807, 2.05) is 18.2 Å². The van der Waals surface area contributed by atoms with E-state index in [9.17, 15) is 0 Å². The molecule has 1 unspecified atom stereocenters. The van der Waals surface area contributed by atoms with Crippen LogP contribution in [0.15, 0.2) is 22.7 Å². The van der Waals surface area contributed by atoms with E-state index in [4.69, 9.17) is 10.8 Å². The Kier molecular flexibility index (Phi) is 4.62. The number of halogens is 1. The predicted molar refractivity (Wildman–Crippen MR) is 72.6 cm³/mol. The van der Waals surface area contributed by atoms with Crippen LogP contribution in [0.25, 0.3) is 0 Å². The number of nitrogens with one attached hydrogen (secondary N) is 1. The third kappa shape index (κ3) is 3.39. The van der Waals surface area contributed by atoms with Crippen LogP contribution in [0.1, 0.15) is 26.7 Å². The average molecular weight is 287 g/mol. The van der Waals surface area contributed by atoms with Crippen molar-refractivity contribution < 1.29 is 5.11 Å². The summed E-state index contributed by atoms with van der Waals surface area (Å²) >= 11 is 3.38. The number of rotatable bonds is 5. The summed E-state index contributed by atoms with van der Waals surface area (Å²) < 4.78 is 0.968. The van der Waals surface area contributed by atoms with Gasteiger partial charge in [-0.2, -0.15) is 0 Å². The summed E-state index contributed by atoms with van der Waals surface area (Å²) in [6.45, 7) is 4.36. The van der Waals surface area contributed by atoms with Crippen LogP contribution >= 0.6 is 15.9 Å². The highest BCUT2D eigenvalue weighted by atomic mass is 79.9. The summed E-state index contributed by atoms with van der Waals surface area (Å²) in [6, 6.07) is 5.77. The number of anilines is 2. The molecule has 0 fully saturated rings. The van der Waals surface area contributed by atoms with Crippen molar-refractivity contribution >= 4 is 27.3 Å². The van der Waals surface area contributed by atoms with Gasteiger partial charge in [0.05, 0.1) is 11.4 Å². The molecule has 0 radical (unpaired) electrons. The summed E-state index contributed by atoms with van der Waals surface area (Å²) in [5.41, 5.74) is 7.44. The van der Waals surface area contributed by atoms with Crippen molar-refractivity contribution in [1.82, 2.24) is 0 Å². The molecular formula is C12H19BrN2O. The highest BCUT2D eigenvalue weighted by Crippen LogP contribution is 2.28. The van der Waals surface area contributed by atoms with Crippen LogP contribution in [0.5, 0.6) is 0 Å². The Morgan fingerprint density at radius 2 is 2.19 bits per heavy atom. The Bertz CT molecular complexity index is 357. The van der Waals surface area contributed by atoms with Gasteiger partial charge < -0.3 is 16.2 Å². The van der Waals surface area contributed by atoms with E-state index >= 15 is 0 Å². The Labute approximate surface area is 105 Å². The maximum absolute atomic E-state index is 9.05. The minimum Gasteiger partial charge on any atom is -0.397 e. The monoisotopic (exact) mass is 286 g/mol. The van der Waals surface area contributed by atoms with Gasteiger partial charge in [0, 0.05) is 16.6 Å². The first-order valence-corrected chi connectivity index (χ1v) is 6.24. The van der Waals surface area contributed by atoms with Gasteiger partial charge in [0.25, 0.3) is 0 Å². The second-order valence-corrected chi connectivity index (χ2v) is 5.16. The average Bonchev–Trinajstić information content (AvgIpc) is 2.23. The number of hydrogen-bond acceptors (Lipinski definition) is 3. The first-order chi connectivity index (χ1) is 7.50. The highest BCUT2D eigenvalue weighted by molar-refractivity contribution is 9.10. The van der Waals surface area contributed by atoms with Crippen LogP contribution in [0, 0.1) is 0 Å². The zero-order valence-electron chi connectivity index (χ0n) is 9.76. The summed E-state index contributed by atoms with van der Waals surface area (Å²) in [7, 11) is 0. The Morgan fingerprint density at radius 3 is 2.69 bits per heavy atom. The van der Waals surface area contributed by atoms with Crippen molar-refractivity contribution in [2.24, 2.45) is 0 Å². The lowest BCUT2D eigenvalue weighted by atomic mass is 9.94. The molecule has 1 aromatic carbocycles. The molecule has 0 spiro atoms.